The molecule has 1 amide bonds. The van der Waals surface area contributed by atoms with Gasteiger partial charge in [-0.05, 0) is 51.0 Å². The van der Waals surface area contributed by atoms with Gasteiger partial charge < -0.3 is 10.1 Å². The highest BCUT2D eigenvalue weighted by Gasteiger charge is 2.20. The van der Waals surface area contributed by atoms with Crippen molar-refractivity contribution in [2.24, 2.45) is 0 Å². The molecule has 0 unspecified atom stereocenters. The number of carbonyl (C=O) groups is 3. The Morgan fingerprint density at radius 2 is 1.54 bits per heavy atom. The van der Waals surface area contributed by atoms with E-state index in [1.165, 1.54) is 6.92 Å². The lowest BCUT2D eigenvalue weighted by atomic mass is 10.1. The zero-order chi connectivity index (χ0) is 19.3. The van der Waals surface area contributed by atoms with E-state index < -0.39 is 12.1 Å². The second-order valence-corrected chi connectivity index (χ2v) is 6.34. The summed E-state index contributed by atoms with van der Waals surface area (Å²) in [6.45, 7) is 7.03. The summed E-state index contributed by atoms with van der Waals surface area (Å²) in [4.78, 5) is 36.3. The lowest BCUT2D eigenvalue weighted by Gasteiger charge is -2.13. The molecule has 2 aromatic carbocycles. The van der Waals surface area contributed by atoms with Crippen molar-refractivity contribution in [2.45, 2.75) is 33.8 Å². The van der Waals surface area contributed by atoms with E-state index in [9.17, 15) is 14.4 Å². The maximum Gasteiger partial charge on any atom is 0.326 e. The van der Waals surface area contributed by atoms with Gasteiger partial charge in [-0.15, -0.1) is 0 Å². The van der Waals surface area contributed by atoms with Crippen LogP contribution in [0.1, 0.15) is 44.3 Å². The molecule has 1 atom stereocenters. The van der Waals surface area contributed by atoms with Gasteiger partial charge in [0, 0.05) is 11.1 Å². The van der Waals surface area contributed by atoms with Crippen molar-refractivity contribution in [1.82, 2.24) is 5.32 Å². The van der Waals surface area contributed by atoms with Gasteiger partial charge in [-0.25, -0.2) is 0 Å². The first-order valence-corrected chi connectivity index (χ1v) is 8.43. The van der Waals surface area contributed by atoms with Crippen molar-refractivity contribution in [3.8, 4) is 0 Å². The van der Waals surface area contributed by atoms with E-state index in [1.807, 2.05) is 39.0 Å². The summed E-state index contributed by atoms with van der Waals surface area (Å²) in [6, 6.07) is 12.4. The van der Waals surface area contributed by atoms with Crippen molar-refractivity contribution in [3.05, 3.63) is 70.3 Å². The summed E-state index contributed by atoms with van der Waals surface area (Å²) in [5.74, 6) is -1.29. The van der Waals surface area contributed by atoms with Crippen molar-refractivity contribution < 1.29 is 19.1 Å². The monoisotopic (exact) mass is 353 g/mol. The van der Waals surface area contributed by atoms with Crippen LogP contribution in [0.3, 0.4) is 0 Å². The normalized spacial score (nSPS) is 11.5. The maximum atomic E-state index is 12.3. The Bertz CT molecular complexity index is 824. The lowest BCUT2D eigenvalue weighted by molar-refractivity contribution is -0.145. The highest BCUT2D eigenvalue weighted by Crippen LogP contribution is 2.10. The minimum atomic E-state index is -0.913. The minimum Gasteiger partial charge on any atom is -0.453 e. The quantitative estimate of drug-likeness (QED) is 0.640. The molecule has 0 aliphatic carbocycles. The van der Waals surface area contributed by atoms with Crippen molar-refractivity contribution >= 4 is 17.7 Å². The van der Waals surface area contributed by atoms with Gasteiger partial charge in [-0.1, -0.05) is 35.9 Å². The fourth-order valence-corrected chi connectivity index (χ4v) is 2.38. The minimum absolute atomic E-state index is 0.279. The van der Waals surface area contributed by atoms with Crippen LogP contribution < -0.4 is 5.32 Å². The molecule has 136 valence electrons. The summed E-state index contributed by atoms with van der Waals surface area (Å²) in [5, 5.41) is 2.51. The number of ketones is 1. The fraction of sp³-hybridized carbons (Fsp3) is 0.286. The Kier molecular flexibility index (Phi) is 6.28. The van der Waals surface area contributed by atoms with Crippen LogP contribution in [0.4, 0.5) is 0 Å². The van der Waals surface area contributed by atoms with Crippen LogP contribution in [0.15, 0.2) is 42.5 Å². The Hall–Kier alpha value is -2.95. The largest absolute Gasteiger partial charge is 0.453 e. The standard InChI is InChI=1S/C21H23NO4/c1-13-5-8-17(9-6-13)20(24)16(4)26-19(23)12-22-21(25)18-10-7-14(2)15(3)11-18/h5-11,16H,12H2,1-4H3,(H,22,25)/t16-/m0/s1. The number of esters is 1. The molecule has 0 heterocycles. The number of nitrogens with one attached hydrogen (secondary N) is 1. The van der Waals surface area contributed by atoms with Gasteiger partial charge in [0.2, 0.25) is 5.78 Å². The predicted octanol–water partition coefficient (Wildman–Crippen LogP) is 3.16. The van der Waals surface area contributed by atoms with E-state index in [0.29, 0.717) is 11.1 Å². The molecule has 2 rings (SSSR count). The fourth-order valence-electron chi connectivity index (χ4n) is 2.38. The molecule has 26 heavy (non-hydrogen) atoms. The average Bonchev–Trinajstić information content (AvgIpc) is 2.62. The Morgan fingerprint density at radius 1 is 0.923 bits per heavy atom. The number of Topliss-reactive ketones (excluding diaryl/α,β-unsaturated/α-hetero) is 1. The third-order valence-electron chi connectivity index (χ3n) is 4.18. The van der Waals surface area contributed by atoms with E-state index >= 15 is 0 Å². The Labute approximate surface area is 153 Å². The number of benzene rings is 2. The average molecular weight is 353 g/mol. The Balaban J connectivity index is 1.87. The third-order valence-corrected chi connectivity index (χ3v) is 4.18. The molecule has 0 bridgehead atoms. The molecule has 0 aliphatic heterocycles. The molecule has 1 N–H and O–H groups in total. The van der Waals surface area contributed by atoms with Gasteiger partial charge in [0.25, 0.3) is 5.91 Å². The molecule has 0 aliphatic rings. The van der Waals surface area contributed by atoms with Crippen molar-refractivity contribution in [2.75, 3.05) is 6.54 Å². The topological polar surface area (TPSA) is 72.5 Å². The molecular weight excluding hydrogens is 330 g/mol. The van der Waals surface area contributed by atoms with Gasteiger partial charge in [0.1, 0.15) is 6.54 Å². The van der Waals surface area contributed by atoms with E-state index in [0.717, 1.165) is 16.7 Å². The number of ether oxygens (including phenoxy) is 1. The SMILES string of the molecule is Cc1ccc(C(=O)[C@H](C)OC(=O)CNC(=O)c2ccc(C)c(C)c2)cc1. The van der Waals surface area contributed by atoms with Crippen LogP contribution in [0.25, 0.3) is 0 Å². The molecular formula is C21H23NO4. The second kappa shape index (κ2) is 8.43. The smallest absolute Gasteiger partial charge is 0.326 e. The molecule has 0 saturated carbocycles. The number of carbonyl (C=O) groups excluding carboxylic acids is 3. The van der Waals surface area contributed by atoms with E-state index in [2.05, 4.69) is 5.32 Å². The molecule has 0 spiro atoms. The number of aryl methyl sites for hydroxylation is 3. The van der Waals surface area contributed by atoms with Gasteiger partial charge in [0.05, 0.1) is 0 Å². The van der Waals surface area contributed by atoms with Crippen molar-refractivity contribution in [1.29, 1.82) is 0 Å². The summed E-state index contributed by atoms with van der Waals surface area (Å²) in [6.07, 6.45) is -0.913. The third kappa shape index (κ3) is 5.02. The molecule has 0 radical (unpaired) electrons. The number of amides is 1. The van der Waals surface area contributed by atoms with Crippen LogP contribution in [-0.4, -0.2) is 30.3 Å². The lowest BCUT2D eigenvalue weighted by Crippen LogP contribution is -2.34. The Morgan fingerprint density at radius 3 is 2.15 bits per heavy atom. The highest BCUT2D eigenvalue weighted by atomic mass is 16.5. The molecule has 0 saturated heterocycles. The molecule has 2 aromatic rings. The highest BCUT2D eigenvalue weighted by molar-refractivity contribution is 6.00. The van der Waals surface area contributed by atoms with Crippen LogP contribution in [0, 0.1) is 20.8 Å². The molecule has 5 nitrogen and oxygen atoms in total. The maximum absolute atomic E-state index is 12.3. The van der Waals surface area contributed by atoms with E-state index in [4.69, 9.17) is 4.74 Å². The summed E-state index contributed by atoms with van der Waals surface area (Å²) < 4.78 is 5.12. The van der Waals surface area contributed by atoms with E-state index in [-0.39, 0.29) is 18.2 Å². The van der Waals surface area contributed by atoms with Gasteiger partial charge in [-0.3, -0.25) is 14.4 Å². The van der Waals surface area contributed by atoms with Gasteiger partial charge in [0.15, 0.2) is 6.10 Å². The number of hydrogen-bond acceptors (Lipinski definition) is 4. The van der Waals surface area contributed by atoms with Crippen molar-refractivity contribution in [3.63, 3.8) is 0 Å². The van der Waals surface area contributed by atoms with Crippen LogP contribution in [-0.2, 0) is 9.53 Å². The first kappa shape index (κ1) is 19.4. The first-order chi connectivity index (χ1) is 12.3. The first-order valence-electron chi connectivity index (χ1n) is 8.43. The van der Waals surface area contributed by atoms with Gasteiger partial charge >= 0.3 is 5.97 Å². The zero-order valence-electron chi connectivity index (χ0n) is 15.5. The van der Waals surface area contributed by atoms with Crippen LogP contribution >= 0.6 is 0 Å². The number of hydrogen-bond donors (Lipinski definition) is 1. The number of rotatable bonds is 6. The second-order valence-electron chi connectivity index (χ2n) is 6.34. The summed E-state index contributed by atoms with van der Waals surface area (Å²) in [7, 11) is 0. The molecule has 5 heteroatoms. The van der Waals surface area contributed by atoms with Crippen LogP contribution in [0.5, 0.6) is 0 Å². The van der Waals surface area contributed by atoms with E-state index in [1.54, 1.807) is 24.3 Å². The zero-order valence-corrected chi connectivity index (χ0v) is 15.5. The predicted molar refractivity (Wildman–Crippen MR) is 99.3 cm³/mol. The summed E-state index contributed by atoms with van der Waals surface area (Å²) in [5.41, 5.74) is 4.09. The molecule has 0 fully saturated rings. The molecule has 0 aromatic heterocycles. The van der Waals surface area contributed by atoms with Crippen LogP contribution in [0.2, 0.25) is 0 Å². The summed E-state index contributed by atoms with van der Waals surface area (Å²) >= 11 is 0. The van der Waals surface area contributed by atoms with Gasteiger partial charge in [-0.2, -0.15) is 0 Å².